The minimum atomic E-state index is -3.33. The van der Waals surface area contributed by atoms with Gasteiger partial charge in [-0.25, -0.2) is 10.6 Å². The SMILES string of the molecule is CNS(=O)(=O)NCCON. The highest BCUT2D eigenvalue weighted by Crippen LogP contribution is 1.71. The van der Waals surface area contributed by atoms with E-state index in [4.69, 9.17) is 0 Å². The molecular weight excluding hydrogens is 158 g/mol. The van der Waals surface area contributed by atoms with Crippen LogP contribution >= 0.6 is 0 Å². The minimum absolute atomic E-state index is 0.154. The molecular formula is C3H11N3O3S. The van der Waals surface area contributed by atoms with Gasteiger partial charge in [0.25, 0.3) is 10.2 Å². The van der Waals surface area contributed by atoms with Gasteiger partial charge in [-0.3, -0.25) is 0 Å². The van der Waals surface area contributed by atoms with Crippen molar-refractivity contribution >= 4 is 10.2 Å². The number of hydrogen-bond donors (Lipinski definition) is 3. The van der Waals surface area contributed by atoms with E-state index in [0.29, 0.717) is 0 Å². The molecule has 0 spiro atoms. The molecule has 0 radical (unpaired) electrons. The zero-order chi connectivity index (χ0) is 8.04. The number of nitrogens with two attached hydrogens (primary N) is 1. The standard InChI is InChI=1S/C3H11N3O3S/c1-5-10(7,8)6-2-3-9-4/h5-6H,2-4H2,1H3. The van der Waals surface area contributed by atoms with E-state index in [9.17, 15) is 8.42 Å². The van der Waals surface area contributed by atoms with E-state index >= 15 is 0 Å². The predicted octanol–water partition coefficient (Wildman–Crippen LogP) is -2.07. The summed E-state index contributed by atoms with van der Waals surface area (Å²) >= 11 is 0. The van der Waals surface area contributed by atoms with E-state index in [2.05, 4.69) is 20.2 Å². The molecule has 0 atom stereocenters. The molecule has 0 aliphatic carbocycles. The zero-order valence-electron chi connectivity index (χ0n) is 5.62. The summed E-state index contributed by atoms with van der Waals surface area (Å²) in [6, 6.07) is 0. The van der Waals surface area contributed by atoms with Gasteiger partial charge in [0.2, 0.25) is 0 Å². The molecule has 0 amide bonds. The number of hydrogen-bond acceptors (Lipinski definition) is 4. The van der Waals surface area contributed by atoms with E-state index in [1.165, 1.54) is 7.05 Å². The lowest BCUT2D eigenvalue weighted by Crippen LogP contribution is -2.36. The molecule has 0 bridgehead atoms. The first-order valence-corrected chi connectivity index (χ1v) is 4.10. The van der Waals surface area contributed by atoms with Gasteiger partial charge in [-0.1, -0.05) is 0 Å². The van der Waals surface area contributed by atoms with E-state index in [0.717, 1.165) is 0 Å². The van der Waals surface area contributed by atoms with Crippen LogP contribution in [0.15, 0.2) is 0 Å². The largest absolute Gasteiger partial charge is 0.303 e. The highest BCUT2D eigenvalue weighted by Gasteiger charge is 2.02. The first kappa shape index (κ1) is 9.79. The third-order valence-electron chi connectivity index (χ3n) is 0.781. The third-order valence-corrected chi connectivity index (χ3v) is 1.90. The van der Waals surface area contributed by atoms with Crippen LogP contribution in [0.4, 0.5) is 0 Å². The molecule has 0 heterocycles. The Balaban J connectivity index is 3.49. The Morgan fingerprint density at radius 3 is 2.60 bits per heavy atom. The summed E-state index contributed by atoms with van der Waals surface area (Å²) in [7, 11) is -2.02. The molecule has 10 heavy (non-hydrogen) atoms. The lowest BCUT2D eigenvalue weighted by molar-refractivity contribution is 0.143. The lowest BCUT2D eigenvalue weighted by Gasteiger charge is -2.02. The average Bonchev–Trinajstić information content (AvgIpc) is 1.89. The average molecular weight is 169 g/mol. The first-order valence-electron chi connectivity index (χ1n) is 2.62. The first-order chi connectivity index (χ1) is 4.62. The third kappa shape index (κ3) is 4.65. The van der Waals surface area contributed by atoms with Gasteiger partial charge in [0.1, 0.15) is 0 Å². The van der Waals surface area contributed by atoms with Gasteiger partial charge in [0.05, 0.1) is 6.61 Å². The molecule has 0 aliphatic rings. The Hall–Kier alpha value is -0.210. The summed E-state index contributed by atoms with van der Waals surface area (Å²) in [6.07, 6.45) is 0. The second-order valence-corrected chi connectivity index (χ2v) is 3.18. The van der Waals surface area contributed by atoms with Crippen LogP contribution in [0.1, 0.15) is 0 Å². The fourth-order valence-corrected chi connectivity index (χ4v) is 0.804. The van der Waals surface area contributed by atoms with Crippen molar-refractivity contribution in [1.82, 2.24) is 9.44 Å². The maximum Gasteiger partial charge on any atom is 0.276 e. The lowest BCUT2D eigenvalue weighted by atomic mass is 10.8. The molecule has 0 aromatic carbocycles. The van der Waals surface area contributed by atoms with Crippen molar-refractivity contribution in [2.75, 3.05) is 20.2 Å². The Morgan fingerprint density at radius 2 is 2.20 bits per heavy atom. The predicted molar refractivity (Wildman–Crippen MR) is 36.1 cm³/mol. The maximum atomic E-state index is 10.6. The van der Waals surface area contributed by atoms with E-state index in [1.54, 1.807) is 0 Å². The van der Waals surface area contributed by atoms with Crippen LogP contribution in [0.5, 0.6) is 0 Å². The highest BCUT2D eigenvalue weighted by atomic mass is 32.2. The molecule has 4 N–H and O–H groups in total. The molecule has 0 aliphatic heterocycles. The van der Waals surface area contributed by atoms with E-state index in [1.807, 2.05) is 0 Å². The second-order valence-electron chi connectivity index (χ2n) is 1.47. The quantitative estimate of drug-likeness (QED) is 0.325. The van der Waals surface area contributed by atoms with Gasteiger partial charge in [0, 0.05) is 13.6 Å². The Kier molecular flexibility index (Phi) is 4.49. The molecule has 0 unspecified atom stereocenters. The van der Waals surface area contributed by atoms with Crippen LogP contribution < -0.4 is 15.3 Å². The molecule has 0 fully saturated rings. The molecule has 0 saturated heterocycles. The molecule has 0 saturated carbocycles. The van der Waals surface area contributed by atoms with E-state index < -0.39 is 10.2 Å². The van der Waals surface area contributed by atoms with Crippen LogP contribution in [-0.2, 0) is 15.0 Å². The van der Waals surface area contributed by atoms with Crippen molar-refractivity contribution in [3.05, 3.63) is 0 Å². The van der Waals surface area contributed by atoms with Gasteiger partial charge < -0.3 is 4.84 Å². The minimum Gasteiger partial charge on any atom is -0.303 e. The van der Waals surface area contributed by atoms with Crippen molar-refractivity contribution in [3.8, 4) is 0 Å². The summed E-state index contributed by atoms with van der Waals surface area (Å²) < 4.78 is 25.3. The van der Waals surface area contributed by atoms with Crippen molar-refractivity contribution in [1.29, 1.82) is 0 Å². The summed E-state index contributed by atoms with van der Waals surface area (Å²) in [5.41, 5.74) is 0. The molecule has 62 valence electrons. The van der Waals surface area contributed by atoms with Crippen molar-refractivity contribution in [2.24, 2.45) is 5.90 Å². The molecule has 0 aromatic heterocycles. The Bertz CT molecular complexity index is 166. The van der Waals surface area contributed by atoms with Crippen LogP contribution in [0.2, 0.25) is 0 Å². The van der Waals surface area contributed by atoms with E-state index in [-0.39, 0.29) is 13.2 Å². The van der Waals surface area contributed by atoms with Gasteiger partial charge >= 0.3 is 0 Å². The van der Waals surface area contributed by atoms with Gasteiger partial charge in [-0.2, -0.15) is 13.1 Å². The second kappa shape index (κ2) is 4.58. The van der Waals surface area contributed by atoms with Crippen LogP contribution in [-0.4, -0.2) is 28.6 Å². The number of nitrogens with one attached hydrogen (secondary N) is 2. The normalized spacial score (nSPS) is 11.8. The molecule has 0 aromatic rings. The topological polar surface area (TPSA) is 93.5 Å². The summed E-state index contributed by atoms with van der Waals surface area (Å²) in [6.45, 7) is 0.320. The Labute approximate surface area is 59.9 Å². The fourth-order valence-electron chi connectivity index (χ4n) is 0.307. The van der Waals surface area contributed by atoms with Crippen LogP contribution in [0, 0.1) is 0 Å². The monoisotopic (exact) mass is 169 g/mol. The highest BCUT2D eigenvalue weighted by molar-refractivity contribution is 7.87. The molecule has 6 nitrogen and oxygen atoms in total. The summed E-state index contributed by atoms with van der Waals surface area (Å²) in [5, 5.41) is 0. The van der Waals surface area contributed by atoms with Gasteiger partial charge in [0.15, 0.2) is 0 Å². The van der Waals surface area contributed by atoms with Gasteiger partial charge in [-0.05, 0) is 0 Å². The zero-order valence-corrected chi connectivity index (χ0v) is 6.44. The fraction of sp³-hybridized carbons (Fsp3) is 1.00. The van der Waals surface area contributed by atoms with Gasteiger partial charge in [-0.15, -0.1) is 0 Å². The van der Waals surface area contributed by atoms with Crippen LogP contribution in [0.3, 0.4) is 0 Å². The summed E-state index contributed by atoms with van der Waals surface area (Å²) in [4.78, 5) is 4.13. The number of rotatable bonds is 5. The maximum absolute atomic E-state index is 10.6. The molecule has 0 rings (SSSR count). The molecule has 7 heteroatoms. The Morgan fingerprint density at radius 1 is 1.60 bits per heavy atom. The van der Waals surface area contributed by atoms with Crippen molar-refractivity contribution in [3.63, 3.8) is 0 Å². The van der Waals surface area contributed by atoms with Crippen molar-refractivity contribution < 1.29 is 13.3 Å². The van der Waals surface area contributed by atoms with Crippen molar-refractivity contribution in [2.45, 2.75) is 0 Å². The van der Waals surface area contributed by atoms with Crippen LogP contribution in [0.25, 0.3) is 0 Å². The smallest absolute Gasteiger partial charge is 0.276 e. The summed E-state index contributed by atoms with van der Waals surface area (Å²) in [5.74, 6) is 4.64.